The van der Waals surface area contributed by atoms with Crippen LogP contribution in [0.1, 0.15) is 60.0 Å². The number of carbonyl (C=O) groups excluding carboxylic acids is 1. The van der Waals surface area contributed by atoms with Crippen molar-refractivity contribution in [2.45, 2.75) is 57.7 Å². The molecule has 4 aromatic rings. The van der Waals surface area contributed by atoms with Gasteiger partial charge in [-0.3, -0.25) is 9.59 Å². The van der Waals surface area contributed by atoms with Crippen LogP contribution in [0.4, 0.5) is 17.6 Å². The summed E-state index contributed by atoms with van der Waals surface area (Å²) < 4.78 is 55.7. The Morgan fingerprint density at radius 3 is 2.17 bits per heavy atom. The van der Waals surface area contributed by atoms with Gasteiger partial charge in [0.05, 0.1) is 24.2 Å². The van der Waals surface area contributed by atoms with Crippen LogP contribution >= 0.6 is 0 Å². The minimum Gasteiger partial charge on any atom is -0.481 e. The summed E-state index contributed by atoms with van der Waals surface area (Å²) in [7, 11) is 0. The van der Waals surface area contributed by atoms with Gasteiger partial charge >= 0.3 is 12.1 Å². The van der Waals surface area contributed by atoms with Crippen LogP contribution in [0.25, 0.3) is 28.3 Å². The van der Waals surface area contributed by atoms with Crippen LogP contribution in [-0.2, 0) is 17.5 Å². The maximum absolute atomic E-state index is 14.1. The summed E-state index contributed by atoms with van der Waals surface area (Å²) in [6.07, 6.45) is -4.97. The topological polar surface area (TPSA) is 112 Å². The van der Waals surface area contributed by atoms with E-state index in [0.717, 1.165) is 12.1 Å². The number of carboxylic acid groups (broad SMARTS) is 1. The van der Waals surface area contributed by atoms with Crippen molar-refractivity contribution in [3.05, 3.63) is 113 Å². The van der Waals surface area contributed by atoms with Gasteiger partial charge in [-0.25, -0.2) is 4.39 Å². The molecule has 46 heavy (non-hydrogen) atoms. The van der Waals surface area contributed by atoms with E-state index in [1.807, 2.05) is 13.8 Å². The van der Waals surface area contributed by atoms with Crippen molar-refractivity contribution in [3.63, 3.8) is 0 Å². The Kier molecular flexibility index (Phi) is 10.8. The molecular formula is C35H34F4N2O5. The molecule has 0 saturated carbocycles. The summed E-state index contributed by atoms with van der Waals surface area (Å²) in [6, 6.07) is 18.9. The largest absolute Gasteiger partial charge is 0.481 e. The Labute approximate surface area is 263 Å². The third-order valence-electron chi connectivity index (χ3n) is 7.28. The molecule has 0 bridgehead atoms. The van der Waals surface area contributed by atoms with Crippen LogP contribution in [0, 0.1) is 5.82 Å². The van der Waals surface area contributed by atoms with E-state index in [2.05, 4.69) is 5.32 Å². The van der Waals surface area contributed by atoms with Crippen LogP contribution in [0.15, 0.2) is 84.9 Å². The first kappa shape index (κ1) is 34.1. The molecule has 11 heteroatoms. The first-order chi connectivity index (χ1) is 21.8. The Morgan fingerprint density at radius 2 is 1.57 bits per heavy atom. The standard InChI is InChI=1S/C35H34F4N2O5/c1-21(2)41-29(16-15-27(42)18-28(43)19-30(44)45)31(24-11-13-26(36)14-12-24)32(23-8-4-3-5-9-23)33(41)34(46)40-20-22-7-6-10-25(17-22)35(37,38)39/h3-17,21,27-28,42-43H,18-20H2,1-2H3,(H,40,46)(H,44,45)/b16-15+/t27-,28-/m1/s1. The lowest BCUT2D eigenvalue weighted by molar-refractivity contribution is -0.139. The molecular weight excluding hydrogens is 604 g/mol. The summed E-state index contributed by atoms with van der Waals surface area (Å²) >= 11 is 0. The lowest BCUT2D eigenvalue weighted by Crippen LogP contribution is -2.27. The van der Waals surface area contributed by atoms with Crippen LogP contribution < -0.4 is 5.32 Å². The number of nitrogens with one attached hydrogen (secondary N) is 1. The number of halogens is 4. The summed E-state index contributed by atoms with van der Waals surface area (Å²) in [5.41, 5.74) is 2.23. The van der Waals surface area contributed by atoms with Crippen molar-refractivity contribution in [1.29, 1.82) is 0 Å². The molecule has 1 amide bonds. The van der Waals surface area contributed by atoms with Gasteiger partial charge in [0, 0.05) is 35.8 Å². The van der Waals surface area contributed by atoms with Crippen molar-refractivity contribution in [3.8, 4) is 22.3 Å². The maximum atomic E-state index is 14.1. The number of aromatic nitrogens is 1. The molecule has 0 aliphatic carbocycles. The molecule has 2 atom stereocenters. The first-order valence-electron chi connectivity index (χ1n) is 14.6. The van der Waals surface area contributed by atoms with E-state index in [1.54, 1.807) is 53.1 Å². The number of carboxylic acids is 1. The number of aliphatic carboxylic acids is 1. The molecule has 0 radical (unpaired) electrons. The molecule has 4 N–H and O–H groups in total. The molecule has 242 valence electrons. The van der Waals surface area contributed by atoms with E-state index in [0.29, 0.717) is 27.9 Å². The summed E-state index contributed by atoms with van der Waals surface area (Å²) in [5.74, 6) is -2.28. The molecule has 4 rings (SSSR count). The van der Waals surface area contributed by atoms with Gasteiger partial charge in [0.2, 0.25) is 0 Å². The van der Waals surface area contributed by atoms with Gasteiger partial charge in [0.15, 0.2) is 0 Å². The third-order valence-corrected chi connectivity index (χ3v) is 7.28. The maximum Gasteiger partial charge on any atom is 0.416 e. The quantitative estimate of drug-likeness (QED) is 0.124. The zero-order chi connectivity index (χ0) is 33.6. The number of hydrogen-bond acceptors (Lipinski definition) is 4. The highest BCUT2D eigenvalue weighted by atomic mass is 19.4. The van der Waals surface area contributed by atoms with Gasteiger partial charge in [-0.1, -0.05) is 60.7 Å². The van der Waals surface area contributed by atoms with Crippen LogP contribution in [0.2, 0.25) is 0 Å². The fourth-order valence-corrected chi connectivity index (χ4v) is 5.29. The van der Waals surface area contributed by atoms with E-state index in [9.17, 15) is 37.4 Å². The van der Waals surface area contributed by atoms with Gasteiger partial charge in [-0.2, -0.15) is 13.2 Å². The fraction of sp³-hybridized carbons (Fsp3) is 0.257. The number of rotatable bonds is 12. The third kappa shape index (κ3) is 8.29. The SMILES string of the molecule is CC(C)n1c(/C=C/[C@@H](O)C[C@@H](O)CC(=O)O)c(-c2ccc(F)cc2)c(-c2ccccc2)c1C(=O)NCc1cccc(C(F)(F)F)c1. The molecule has 3 aromatic carbocycles. The molecule has 1 aromatic heterocycles. The number of amides is 1. The molecule has 7 nitrogen and oxygen atoms in total. The van der Waals surface area contributed by atoms with E-state index in [-0.39, 0.29) is 30.3 Å². The number of alkyl halides is 3. The van der Waals surface area contributed by atoms with E-state index >= 15 is 0 Å². The molecule has 0 fully saturated rings. The second-order valence-electron chi connectivity index (χ2n) is 11.1. The van der Waals surface area contributed by atoms with Crippen molar-refractivity contribution in [1.82, 2.24) is 9.88 Å². The van der Waals surface area contributed by atoms with Gasteiger partial charge in [-0.05, 0) is 60.9 Å². The van der Waals surface area contributed by atoms with Crippen molar-refractivity contribution in [2.75, 3.05) is 0 Å². The number of hydrogen-bond donors (Lipinski definition) is 4. The molecule has 1 heterocycles. The zero-order valence-corrected chi connectivity index (χ0v) is 25.1. The minimum atomic E-state index is -4.55. The average Bonchev–Trinajstić information content (AvgIpc) is 3.34. The minimum absolute atomic E-state index is 0.188. The Morgan fingerprint density at radius 1 is 0.913 bits per heavy atom. The predicted molar refractivity (Wildman–Crippen MR) is 166 cm³/mol. The number of carbonyl (C=O) groups is 2. The monoisotopic (exact) mass is 638 g/mol. The summed E-state index contributed by atoms with van der Waals surface area (Å²) in [4.78, 5) is 25.1. The van der Waals surface area contributed by atoms with E-state index in [1.165, 1.54) is 30.3 Å². The highest BCUT2D eigenvalue weighted by Crippen LogP contribution is 2.42. The van der Waals surface area contributed by atoms with Gasteiger partial charge in [0.1, 0.15) is 11.5 Å². The molecule has 0 unspecified atom stereocenters. The second kappa shape index (κ2) is 14.6. The lowest BCUT2D eigenvalue weighted by Gasteiger charge is -2.17. The highest BCUT2D eigenvalue weighted by molar-refractivity contribution is 6.06. The average molecular weight is 639 g/mol. The van der Waals surface area contributed by atoms with E-state index in [4.69, 9.17) is 5.11 Å². The molecule has 0 aliphatic heterocycles. The Bertz CT molecular complexity index is 1700. The predicted octanol–water partition coefficient (Wildman–Crippen LogP) is 7.09. The van der Waals surface area contributed by atoms with Gasteiger partial charge in [-0.15, -0.1) is 0 Å². The summed E-state index contributed by atoms with van der Waals surface area (Å²) in [6.45, 7) is 3.46. The van der Waals surface area contributed by atoms with Crippen molar-refractivity contribution >= 4 is 18.0 Å². The number of aliphatic hydroxyl groups is 2. The first-order valence-corrected chi connectivity index (χ1v) is 14.6. The molecule has 0 spiro atoms. The van der Waals surface area contributed by atoms with Crippen LogP contribution in [0.5, 0.6) is 0 Å². The molecule has 0 saturated heterocycles. The second-order valence-corrected chi connectivity index (χ2v) is 11.1. The van der Waals surface area contributed by atoms with Gasteiger partial charge in [0.25, 0.3) is 5.91 Å². The van der Waals surface area contributed by atoms with Crippen LogP contribution in [-0.4, -0.2) is 44.0 Å². The number of aliphatic hydroxyl groups excluding tert-OH is 2. The fourth-order valence-electron chi connectivity index (χ4n) is 5.29. The van der Waals surface area contributed by atoms with Crippen molar-refractivity contribution < 1.29 is 42.5 Å². The summed E-state index contributed by atoms with van der Waals surface area (Å²) in [5, 5.41) is 32.4. The lowest BCUT2D eigenvalue weighted by atomic mass is 9.94. The number of benzene rings is 3. The van der Waals surface area contributed by atoms with E-state index < -0.39 is 48.1 Å². The number of nitrogens with zero attached hydrogens (tertiary/aromatic N) is 1. The molecule has 0 aliphatic rings. The van der Waals surface area contributed by atoms with Crippen LogP contribution in [0.3, 0.4) is 0 Å². The zero-order valence-electron chi connectivity index (χ0n) is 25.1. The Hall–Kier alpha value is -4.74. The normalized spacial score (nSPS) is 13.2. The smallest absolute Gasteiger partial charge is 0.416 e. The Balaban J connectivity index is 1.89. The van der Waals surface area contributed by atoms with Gasteiger partial charge < -0.3 is 25.2 Å². The van der Waals surface area contributed by atoms with Crippen molar-refractivity contribution in [2.24, 2.45) is 0 Å². The highest BCUT2D eigenvalue weighted by Gasteiger charge is 2.31.